The van der Waals surface area contributed by atoms with Crippen molar-refractivity contribution in [3.63, 3.8) is 0 Å². The molecule has 0 aliphatic carbocycles. The molecule has 0 unspecified atom stereocenters. The van der Waals surface area contributed by atoms with Crippen molar-refractivity contribution >= 4 is 17.3 Å². The van der Waals surface area contributed by atoms with Gasteiger partial charge in [0, 0.05) is 0 Å². The molecule has 3 aromatic rings. The van der Waals surface area contributed by atoms with Crippen molar-refractivity contribution in [1.29, 1.82) is 0 Å². The van der Waals surface area contributed by atoms with Gasteiger partial charge in [-0.1, -0.05) is 54.6 Å². The van der Waals surface area contributed by atoms with E-state index in [4.69, 9.17) is 15.3 Å². The number of hydrogen-bond acceptors (Lipinski definition) is 3. The third-order valence-electron chi connectivity index (χ3n) is 4.25. The van der Waals surface area contributed by atoms with Crippen molar-refractivity contribution in [2.24, 2.45) is 0 Å². The van der Waals surface area contributed by atoms with Gasteiger partial charge in [-0.2, -0.15) is 0 Å². The number of carbonyl (C=O) groups excluding carboxylic acids is 3. The molecular weight excluding hydrogens is 601 g/mol. The quantitative estimate of drug-likeness (QED) is 0.131. The van der Waals surface area contributed by atoms with Crippen LogP contribution in [0.5, 0.6) is 0 Å². The van der Waals surface area contributed by atoms with E-state index < -0.39 is 0 Å². The molecule has 0 saturated carbocycles. The minimum Gasteiger partial charge on any atom is -0.512 e. The third-order valence-corrected chi connectivity index (χ3v) is 4.25. The Hall–Kier alpha value is -3.36. The molecule has 0 saturated heterocycles. The fourth-order valence-electron chi connectivity index (χ4n) is 2.67. The molecule has 0 atom stereocenters. The Balaban J connectivity index is 0.000000518. The number of aliphatic hydroxyl groups is 3. The van der Waals surface area contributed by atoms with Crippen molar-refractivity contribution in [3.8, 4) is 0 Å². The normalized spacial score (nSPS) is 10.9. The largest absolute Gasteiger partial charge is 3.00 e. The fraction of sp³-hybridized carbons (Fsp3) is 0.100. The van der Waals surface area contributed by atoms with E-state index in [0.29, 0.717) is 16.7 Å². The summed E-state index contributed by atoms with van der Waals surface area (Å²) in [5, 5.41) is 26.6. The van der Waals surface area contributed by atoms with E-state index in [2.05, 4.69) is 0 Å². The summed E-state index contributed by atoms with van der Waals surface area (Å²) in [7, 11) is 0. The molecule has 6 N–H and O–H groups in total. The van der Waals surface area contributed by atoms with Gasteiger partial charge < -0.3 is 15.3 Å². The molecule has 0 aliphatic heterocycles. The first-order chi connectivity index (χ1) is 17.1. The topological polar surface area (TPSA) is 125 Å². The van der Waals surface area contributed by atoms with Crippen molar-refractivity contribution < 1.29 is 70.5 Å². The van der Waals surface area contributed by atoms with Gasteiger partial charge in [0.25, 0.3) is 0 Å². The van der Waals surface area contributed by atoms with Crippen LogP contribution in [0.15, 0.2) is 127 Å². The molecule has 7 heteroatoms. The SMILES string of the molecule is C/C(O)=C/C(=[OH+])c1ccccc1.C/C(O)=C/C(=[OH+])c1ccccc1.C/C(O)=C/C(=[OH+])c1ccccc1.[Nd+3]. The van der Waals surface area contributed by atoms with E-state index in [0.717, 1.165) is 0 Å². The molecule has 3 rings (SSSR count). The van der Waals surface area contributed by atoms with Crippen molar-refractivity contribution in [2.45, 2.75) is 20.8 Å². The second-order valence-electron chi connectivity index (χ2n) is 7.61. The molecule has 3 aromatic carbocycles. The van der Waals surface area contributed by atoms with Crippen LogP contribution in [0.2, 0.25) is 0 Å². The molecule has 0 aliphatic rings. The van der Waals surface area contributed by atoms with E-state index in [1.54, 1.807) is 36.4 Å². The molecule has 0 amide bonds. The number of allylic oxidation sites excluding steroid dienone is 6. The predicted octanol–water partition coefficient (Wildman–Crippen LogP) is 6.12. The number of rotatable bonds is 6. The van der Waals surface area contributed by atoms with Gasteiger partial charge in [0.05, 0.1) is 52.2 Å². The Labute approximate surface area is 250 Å². The van der Waals surface area contributed by atoms with E-state index in [-0.39, 0.29) is 75.5 Å². The molecule has 0 bridgehead atoms. The van der Waals surface area contributed by atoms with Crippen LogP contribution in [-0.2, 0) is 0 Å². The summed E-state index contributed by atoms with van der Waals surface area (Å²) < 4.78 is 0. The third kappa shape index (κ3) is 15.4. The standard InChI is InChI=1S/3C10H10O2.Nd/c3*1-8(11)7-10(12)9-5-3-2-4-6-9;/h3*2-7,11H,1H3;/q;;;+3/p+3/b3*8-7-;. The molecule has 187 valence electrons. The van der Waals surface area contributed by atoms with Crippen LogP contribution in [0.1, 0.15) is 37.5 Å². The first-order valence-electron chi connectivity index (χ1n) is 11.1. The predicted molar refractivity (Wildman–Crippen MR) is 147 cm³/mol. The Morgan fingerprint density at radius 2 is 0.649 bits per heavy atom. The molecule has 0 aromatic heterocycles. The summed E-state index contributed by atoms with van der Waals surface area (Å²) in [5.74, 6) is 0.519. The Morgan fingerprint density at radius 1 is 0.459 bits per heavy atom. The van der Waals surface area contributed by atoms with Crippen LogP contribution in [0.3, 0.4) is 0 Å². The first kappa shape index (κ1) is 33.6. The van der Waals surface area contributed by atoms with Crippen LogP contribution >= 0.6 is 0 Å². The van der Waals surface area contributed by atoms with Gasteiger partial charge in [0.15, 0.2) is 0 Å². The van der Waals surface area contributed by atoms with E-state index in [1.807, 2.05) is 54.6 Å². The smallest absolute Gasteiger partial charge is 0.512 e. The summed E-state index contributed by atoms with van der Waals surface area (Å²) in [4.78, 5) is 28.1. The van der Waals surface area contributed by atoms with E-state index >= 15 is 0 Å². The molecule has 0 fully saturated rings. The van der Waals surface area contributed by atoms with Gasteiger partial charge in [0.1, 0.15) is 0 Å². The number of hydrogen-bond donors (Lipinski definition) is 3. The summed E-state index contributed by atoms with van der Waals surface area (Å²) >= 11 is 0. The van der Waals surface area contributed by atoms with E-state index in [1.165, 1.54) is 39.0 Å². The van der Waals surface area contributed by atoms with Crippen molar-refractivity contribution in [2.75, 3.05) is 0 Å². The molecule has 0 spiro atoms. The maximum atomic E-state index is 9.37. The first-order valence-corrected chi connectivity index (χ1v) is 11.1. The zero-order valence-corrected chi connectivity index (χ0v) is 24.3. The Morgan fingerprint density at radius 3 is 0.811 bits per heavy atom. The number of aliphatic hydroxyl groups excluding tert-OH is 3. The minimum absolute atomic E-state index is 0. The van der Waals surface area contributed by atoms with Crippen LogP contribution in [0, 0.1) is 40.8 Å². The van der Waals surface area contributed by atoms with Gasteiger partial charge >= 0.3 is 58.2 Å². The average Bonchev–Trinajstić information content (AvgIpc) is 2.85. The maximum absolute atomic E-state index is 9.37. The summed E-state index contributed by atoms with van der Waals surface area (Å²) in [6.07, 6.45) is 3.94. The summed E-state index contributed by atoms with van der Waals surface area (Å²) in [5.41, 5.74) is 2.10. The Bertz CT molecular complexity index is 1050. The molecule has 1 radical (unpaired) electrons. The molecule has 37 heavy (non-hydrogen) atoms. The minimum atomic E-state index is 0. The second-order valence-corrected chi connectivity index (χ2v) is 7.61. The molecular formula is C30H33NdO6+6. The zero-order chi connectivity index (χ0) is 26.9. The fourth-order valence-corrected chi connectivity index (χ4v) is 2.67. The second kappa shape index (κ2) is 18.8. The average molecular weight is 634 g/mol. The van der Waals surface area contributed by atoms with Crippen molar-refractivity contribution in [1.82, 2.24) is 0 Å². The van der Waals surface area contributed by atoms with Gasteiger partial charge in [-0.05, 0) is 57.2 Å². The molecule has 0 heterocycles. The maximum Gasteiger partial charge on any atom is 3.00 e. The van der Waals surface area contributed by atoms with Gasteiger partial charge in [0.2, 0.25) is 0 Å². The van der Waals surface area contributed by atoms with Crippen LogP contribution in [0.4, 0.5) is 0 Å². The molecule has 6 nitrogen and oxygen atoms in total. The zero-order valence-electron chi connectivity index (χ0n) is 21.1. The van der Waals surface area contributed by atoms with Crippen molar-refractivity contribution in [3.05, 3.63) is 143 Å². The number of benzene rings is 3. The van der Waals surface area contributed by atoms with Crippen LogP contribution in [-0.4, -0.2) is 47.1 Å². The van der Waals surface area contributed by atoms with Gasteiger partial charge in [-0.3, -0.25) is 14.4 Å². The van der Waals surface area contributed by atoms with E-state index in [9.17, 15) is 14.4 Å². The summed E-state index contributed by atoms with van der Waals surface area (Å²) in [6, 6.07) is 27.2. The monoisotopic (exact) mass is 631 g/mol. The van der Waals surface area contributed by atoms with Crippen LogP contribution < -0.4 is 0 Å². The summed E-state index contributed by atoms with van der Waals surface area (Å²) in [6.45, 7) is 4.54. The van der Waals surface area contributed by atoms with Gasteiger partial charge in [-0.25, -0.2) is 0 Å². The number of ketones is 3. The Kier molecular flexibility index (Phi) is 17.1. The van der Waals surface area contributed by atoms with Crippen LogP contribution in [0.25, 0.3) is 0 Å². The van der Waals surface area contributed by atoms with Gasteiger partial charge in [-0.15, -0.1) is 0 Å².